The maximum Gasteiger partial charge on any atom is 0.245 e. The van der Waals surface area contributed by atoms with Gasteiger partial charge in [0.1, 0.15) is 5.75 Å². The van der Waals surface area contributed by atoms with Crippen LogP contribution in [0.15, 0.2) is 35.7 Å². The molecular weight excluding hydrogens is 424 g/mol. The SMILES string of the molecule is C=CC(=O)N1CCC(CNC(c2ccc(SC)cc2OC)c2nnnn2C(C)CC)CC1. The molecule has 2 atom stereocenters. The molecule has 1 aliphatic rings. The van der Waals surface area contributed by atoms with Gasteiger partial charge in [-0.3, -0.25) is 4.79 Å². The molecule has 0 radical (unpaired) electrons. The quantitative estimate of drug-likeness (QED) is 0.431. The van der Waals surface area contributed by atoms with Crippen molar-refractivity contribution in [2.24, 2.45) is 5.92 Å². The lowest BCUT2D eigenvalue weighted by molar-refractivity contribution is -0.127. The lowest BCUT2D eigenvalue weighted by Crippen LogP contribution is -2.41. The molecule has 0 aliphatic carbocycles. The van der Waals surface area contributed by atoms with Crippen molar-refractivity contribution >= 4 is 17.7 Å². The number of ether oxygens (including phenoxy) is 1. The van der Waals surface area contributed by atoms with Crippen molar-refractivity contribution in [1.29, 1.82) is 0 Å². The van der Waals surface area contributed by atoms with Crippen LogP contribution in [0.5, 0.6) is 5.75 Å². The summed E-state index contributed by atoms with van der Waals surface area (Å²) >= 11 is 1.68. The lowest BCUT2D eigenvalue weighted by Gasteiger charge is -2.32. The van der Waals surface area contributed by atoms with Gasteiger partial charge in [0, 0.05) is 23.5 Å². The number of methoxy groups -OCH3 is 1. The van der Waals surface area contributed by atoms with E-state index in [4.69, 9.17) is 4.74 Å². The highest BCUT2D eigenvalue weighted by Crippen LogP contribution is 2.33. The van der Waals surface area contributed by atoms with E-state index in [0.717, 1.165) is 60.9 Å². The van der Waals surface area contributed by atoms with Gasteiger partial charge in [-0.2, -0.15) is 0 Å². The van der Waals surface area contributed by atoms with Crippen LogP contribution in [0.4, 0.5) is 0 Å². The number of benzene rings is 1. The molecule has 1 N–H and O–H groups in total. The summed E-state index contributed by atoms with van der Waals surface area (Å²) in [6, 6.07) is 6.26. The van der Waals surface area contributed by atoms with Crippen LogP contribution >= 0.6 is 11.8 Å². The average molecular weight is 459 g/mol. The largest absolute Gasteiger partial charge is 0.496 e. The molecular formula is C23H34N6O2S. The Kier molecular flexibility index (Phi) is 8.69. The molecule has 2 aromatic rings. The van der Waals surface area contributed by atoms with E-state index in [2.05, 4.69) is 65.7 Å². The minimum Gasteiger partial charge on any atom is -0.496 e. The molecule has 0 saturated carbocycles. The Morgan fingerprint density at radius 2 is 2.16 bits per heavy atom. The fraction of sp³-hybridized carbons (Fsp3) is 0.565. The normalized spacial score (nSPS) is 16.6. The molecule has 32 heavy (non-hydrogen) atoms. The third kappa shape index (κ3) is 5.50. The van der Waals surface area contributed by atoms with E-state index < -0.39 is 0 Å². The molecule has 0 bridgehead atoms. The first kappa shape index (κ1) is 24.3. The molecule has 1 aromatic carbocycles. The lowest BCUT2D eigenvalue weighted by atomic mass is 9.95. The van der Waals surface area contributed by atoms with E-state index in [-0.39, 0.29) is 18.0 Å². The summed E-state index contributed by atoms with van der Waals surface area (Å²) in [5.74, 6) is 2.09. The van der Waals surface area contributed by atoms with E-state index in [1.807, 2.05) is 9.58 Å². The van der Waals surface area contributed by atoms with Crippen molar-refractivity contribution < 1.29 is 9.53 Å². The summed E-state index contributed by atoms with van der Waals surface area (Å²) in [6.45, 7) is 10.2. The Balaban J connectivity index is 1.84. The molecule has 1 saturated heterocycles. The van der Waals surface area contributed by atoms with Crippen LogP contribution in [-0.4, -0.2) is 64.0 Å². The van der Waals surface area contributed by atoms with E-state index in [9.17, 15) is 4.79 Å². The first-order chi connectivity index (χ1) is 15.5. The summed E-state index contributed by atoms with van der Waals surface area (Å²) in [5.41, 5.74) is 1.02. The van der Waals surface area contributed by atoms with Crippen molar-refractivity contribution in [1.82, 2.24) is 30.4 Å². The van der Waals surface area contributed by atoms with Gasteiger partial charge in [-0.25, -0.2) is 4.68 Å². The number of thioether (sulfide) groups is 1. The number of hydrogen-bond donors (Lipinski definition) is 1. The summed E-state index contributed by atoms with van der Waals surface area (Å²) in [4.78, 5) is 14.9. The molecule has 1 aliphatic heterocycles. The van der Waals surface area contributed by atoms with Crippen LogP contribution in [0, 0.1) is 5.92 Å². The fourth-order valence-corrected chi connectivity index (χ4v) is 4.47. The van der Waals surface area contributed by atoms with Gasteiger partial charge < -0.3 is 15.0 Å². The first-order valence-electron chi connectivity index (χ1n) is 11.2. The van der Waals surface area contributed by atoms with Gasteiger partial charge in [0.05, 0.1) is 19.2 Å². The van der Waals surface area contributed by atoms with Gasteiger partial charge in [-0.15, -0.1) is 16.9 Å². The van der Waals surface area contributed by atoms with Gasteiger partial charge in [-0.05, 0) is 73.5 Å². The molecule has 8 nitrogen and oxygen atoms in total. The van der Waals surface area contributed by atoms with Crippen molar-refractivity contribution in [3.63, 3.8) is 0 Å². The van der Waals surface area contributed by atoms with E-state index >= 15 is 0 Å². The number of rotatable bonds is 10. The van der Waals surface area contributed by atoms with E-state index in [1.54, 1.807) is 18.9 Å². The van der Waals surface area contributed by atoms with Gasteiger partial charge >= 0.3 is 0 Å². The number of nitrogens with zero attached hydrogens (tertiary/aromatic N) is 5. The Labute approximate surface area is 194 Å². The van der Waals surface area contributed by atoms with Gasteiger partial charge in [0.2, 0.25) is 5.91 Å². The number of piperidine rings is 1. The minimum atomic E-state index is -0.197. The second-order valence-electron chi connectivity index (χ2n) is 8.16. The van der Waals surface area contributed by atoms with Gasteiger partial charge in [-0.1, -0.05) is 19.6 Å². The van der Waals surface area contributed by atoms with Crippen LogP contribution < -0.4 is 10.1 Å². The summed E-state index contributed by atoms with van der Waals surface area (Å²) in [6.07, 6.45) is 6.30. The Bertz CT molecular complexity index is 910. The third-order valence-electron chi connectivity index (χ3n) is 6.25. The van der Waals surface area contributed by atoms with Crippen LogP contribution in [0.2, 0.25) is 0 Å². The molecule has 1 aromatic heterocycles. The number of carbonyl (C=O) groups is 1. The van der Waals surface area contributed by atoms with Crippen molar-refractivity contribution in [2.45, 2.75) is 50.1 Å². The van der Waals surface area contributed by atoms with Crippen LogP contribution in [0.3, 0.4) is 0 Å². The zero-order valence-corrected chi connectivity index (χ0v) is 20.3. The highest BCUT2D eigenvalue weighted by atomic mass is 32.2. The summed E-state index contributed by atoms with van der Waals surface area (Å²) in [5, 5.41) is 16.4. The van der Waals surface area contributed by atoms with Crippen molar-refractivity contribution in [2.75, 3.05) is 33.0 Å². The van der Waals surface area contributed by atoms with E-state index in [1.165, 1.54) is 6.08 Å². The molecule has 1 amide bonds. The second-order valence-corrected chi connectivity index (χ2v) is 9.04. The first-order valence-corrected chi connectivity index (χ1v) is 12.4. The Hall–Kier alpha value is -2.39. The minimum absolute atomic E-state index is 0.0145. The third-order valence-corrected chi connectivity index (χ3v) is 6.97. The monoisotopic (exact) mass is 458 g/mol. The topological polar surface area (TPSA) is 85.2 Å². The van der Waals surface area contributed by atoms with Gasteiger partial charge in [0.15, 0.2) is 5.82 Å². The van der Waals surface area contributed by atoms with E-state index in [0.29, 0.717) is 5.92 Å². The van der Waals surface area contributed by atoms with Crippen LogP contribution in [-0.2, 0) is 4.79 Å². The standard InChI is InChI=1S/C23H34N6O2S/c1-6-16(3)29-23(25-26-27-29)22(19-9-8-18(32-5)14-20(19)31-4)24-15-17-10-12-28(13-11-17)21(30)7-2/h7-9,14,16-17,22,24H,2,6,10-13,15H2,1,3-5H3. The summed E-state index contributed by atoms with van der Waals surface area (Å²) in [7, 11) is 1.70. The second kappa shape index (κ2) is 11.5. The number of hydrogen-bond acceptors (Lipinski definition) is 7. The number of carbonyl (C=O) groups excluding carboxylic acids is 1. The van der Waals surface area contributed by atoms with Crippen LogP contribution in [0.1, 0.15) is 56.6 Å². The smallest absolute Gasteiger partial charge is 0.245 e. The highest BCUT2D eigenvalue weighted by molar-refractivity contribution is 7.98. The van der Waals surface area contributed by atoms with Crippen molar-refractivity contribution in [3.8, 4) is 5.75 Å². The molecule has 9 heteroatoms. The molecule has 1 fully saturated rings. The highest BCUT2D eigenvalue weighted by Gasteiger charge is 2.28. The number of amides is 1. The zero-order valence-electron chi connectivity index (χ0n) is 19.5. The molecule has 0 spiro atoms. The fourth-order valence-electron chi connectivity index (χ4n) is 4.05. The van der Waals surface area contributed by atoms with Gasteiger partial charge in [0.25, 0.3) is 0 Å². The molecule has 2 unspecified atom stereocenters. The maximum atomic E-state index is 11.9. The molecule has 174 valence electrons. The Morgan fingerprint density at radius 1 is 1.41 bits per heavy atom. The van der Waals surface area contributed by atoms with Crippen LogP contribution in [0.25, 0.3) is 0 Å². The number of aromatic nitrogens is 4. The average Bonchev–Trinajstić information content (AvgIpc) is 3.33. The number of likely N-dealkylation sites (tertiary alicyclic amines) is 1. The maximum absolute atomic E-state index is 11.9. The van der Waals surface area contributed by atoms with Crippen molar-refractivity contribution in [3.05, 3.63) is 42.2 Å². The molecule has 3 rings (SSSR count). The Morgan fingerprint density at radius 3 is 2.78 bits per heavy atom. The predicted octanol–water partition coefficient (Wildman–Crippen LogP) is 3.48. The summed E-state index contributed by atoms with van der Waals surface area (Å²) < 4.78 is 7.66. The predicted molar refractivity (Wildman–Crippen MR) is 127 cm³/mol. The molecule has 2 heterocycles. The zero-order chi connectivity index (χ0) is 23.1. The number of tetrazole rings is 1. The number of nitrogens with one attached hydrogen (secondary N) is 1.